The van der Waals surface area contributed by atoms with Gasteiger partial charge in [-0.15, -0.1) is 0 Å². The van der Waals surface area contributed by atoms with Crippen LogP contribution in [-0.4, -0.2) is 12.7 Å². The zero-order valence-electron chi connectivity index (χ0n) is 18.0. The molecule has 0 aliphatic heterocycles. The third-order valence-electron chi connectivity index (χ3n) is 8.02. The standard InChI is InChI=1S/C26H39FO/c1-3-5-6-18-7-8-21-16-25(26(27)17-23(21)13-18)22-10-9-20-15-24(28-4-2)12-11-19(20)14-22/h16-20,22,24H,3-15H2,1-2H3. The van der Waals surface area contributed by atoms with Crippen LogP contribution in [0.15, 0.2) is 12.1 Å². The third-order valence-corrected chi connectivity index (χ3v) is 8.02. The highest BCUT2D eigenvalue weighted by molar-refractivity contribution is 5.37. The van der Waals surface area contributed by atoms with Crippen LogP contribution < -0.4 is 0 Å². The molecule has 0 N–H and O–H groups in total. The molecule has 4 rings (SSSR count). The molecule has 0 radical (unpaired) electrons. The van der Waals surface area contributed by atoms with E-state index in [-0.39, 0.29) is 5.82 Å². The molecule has 3 aliphatic rings. The number of rotatable bonds is 6. The maximum Gasteiger partial charge on any atom is 0.126 e. The Bertz CT molecular complexity index is 654. The fourth-order valence-corrected chi connectivity index (χ4v) is 6.44. The van der Waals surface area contributed by atoms with Crippen molar-refractivity contribution in [1.82, 2.24) is 0 Å². The van der Waals surface area contributed by atoms with Crippen molar-refractivity contribution in [1.29, 1.82) is 0 Å². The van der Waals surface area contributed by atoms with E-state index < -0.39 is 0 Å². The molecule has 5 atom stereocenters. The highest BCUT2D eigenvalue weighted by Crippen LogP contribution is 2.47. The summed E-state index contributed by atoms with van der Waals surface area (Å²) in [6.45, 7) is 5.21. The van der Waals surface area contributed by atoms with Crippen molar-refractivity contribution in [2.45, 2.75) is 103 Å². The van der Waals surface area contributed by atoms with Gasteiger partial charge in [0, 0.05) is 6.61 Å². The minimum absolute atomic E-state index is 0.0846. The maximum absolute atomic E-state index is 15.1. The molecule has 0 saturated heterocycles. The molecule has 2 fully saturated rings. The summed E-state index contributed by atoms with van der Waals surface area (Å²) in [5.74, 6) is 2.88. The Kier molecular flexibility index (Phi) is 6.76. The van der Waals surface area contributed by atoms with Crippen molar-refractivity contribution < 1.29 is 9.13 Å². The number of unbranched alkanes of at least 4 members (excludes halogenated alkanes) is 1. The Morgan fingerprint density at radius 2 is 1.79 bits per heavy atom. The first-order valence-corrected chi connectivity index (χ1v) is 12.1. The first-order valence-electron chi connectivity index (χ1n) is 12.1. The van der Waals surface area contributed by atoms with E-state index in [1.165, 1.54) is 68.9 Å². The van der Waals surface area contributed by atoms with Gasteiger partial charge >= 0.3 is 0 Å². The first kappa shape index (κ1) is 20.4. The van der Waals surface area contributed by atoms with Crippen molar-refractivity contribution >= 4 is 0 Å². The molecule has 28 heavy (non-hydrogen) atoms. The molecule has 0 spiro atoms. The monoisotopic (exact) mass is 386 g/mol. The molecule has 0 amide bonds. The SMILES string of the molecule is CCCCC1CCc2cc(C3CCC4CC(OCC)CCC4C3)c(F)cc2C1. The van der Waals surface area contributed by atoms with Crippen molar-refractivity contribution in [3.8, 4) is 0 Å². The molecule has 5 unspecified atom stereocenters. The molecule has 1 nitrogen and oxygen atoms in total. The van der Waals surface area contributed by atoms with Gasteiger partial charge in [-0.05, 0) is 111 Å². The number of aryl methyl sites for hydroxylation is 1. The predicted octanol–water partition coefficient (Wildman–Crippen LogP) is 7.21. The van der Waals surface area contributed by atoms with Crippen molar-refractivity contribution in [3.05, 3.63) is 34.6 Å². The van der Waals surface area contributed by atoms with Crippen LogP contribution in [0.2, 0.25) is 0 Å². The quantitative estimate of drug-likeness (QED) is 0.502. The van der Waals surface area contributed by atoms with E-state index in [0.29, 0.717) is 12.0 Å². The second-order valence-corrected chi connectivity index (χ2v) is 9.81. The van der Waals surface area contributed by atoms with Gasteiger partial charge < -0.3 is 4.74 Å². The molecule has 2 heteroatoms. The third kappa shape index (κ3) is 4.48. The van der Waals surface area contributed by atoms with E-state index in [4.69, 9.17) is 4.74 Å². The predicted molar refractivity (Wildman–Crippen MR) is 114 cm³/mol. The van der Waals surface area contributed by atoms with Gasteiger partial charge in [0.25, 0.3) is 0 Å². The van der Waals surface area contributed by atoms with Crippen LogP contribution in [0.1, 0.15) is 101 Å². The molecule has 156 valence electrons. The lowest BCUT2D eigenvalue weighted by Crippen LogP contribution is -2.34. The second kappa shape index (κ2) is 9.28. The zero-order chi connectivity index (χ0) is 19.5. The number of halogens is 1. The van der Waals surface area contributed by atoms with E-state index in [2.05, 4.69) is 19.9 Å². The van der Waals surface area contributed by atoms with Gasteiger partial charge in [-0.2, -0.15) is 0 Å². The highest BCUT2D eigenvalue weighted by Gasteiger charge is 2.37. The first-order chi connectivity index (χ1) is 13.7. The maximum atomic E-state index is 15.1. The number of fused-ring (bicyclic) bond motifs is 2. The Morgan fingerprint density at radius 3 is 2.61 bits per heavy atom. The largest absolute Gasteiger partial charge is 0.378 e. The summed E-state index contributed by atoms with van der Waals surface area (Å²) >= 11 is 0. The topological polar surface area (TPSA) is 9.23 Å². The lowest BCUT2D eigenvalue weighted by atomic mass is 9.65. The van der Waals surface area contributed by atoms with Crippen LogP contribution in [0.25, 0.3) is 0 Å². The summed E-state index contributed by atoms with van der Waals surface area (Å²) in [7, 11) is 0. The number of benzene rings is 1. The van der Waals surface area contributed by atoms with Gasteiger partial charge in [0.05, 0.1) is 6.10 Å². The summed E-state index contributed by atoms with van der Waals surface area (Å²) < 4.78 is 21.0. The van der Waals surface area contributed by atoms with Crippen LogP contribution in [0, 0.1) is 23.6 Å². The Labute approximate surface area is 171 Å². The molecule has 3 aliphatic carbocycles. The van der Waals surface area contributed by atoms with E-state index in [9.17, 15) is 0 Å². The molecular weight excluding hydrogens is 347 g/mol. The van der Waals surface area contributed by atoms with E-state index in [1.807, 2.05) is 6.07 Å². The Balaban J connectivity index is 1.42. The lowest BCUT2D eigenvalue weighted by molar-refractivity contribution is -0.00969. The summed E-state index contributed by atoms with van der Waals surface area (Å²) in [5.41, 5.74) is 3.79. The summed E-state index contributed by atoms with van der Waals surface area (Å²) in [6, 6.07) is 4.19. The smallest absolute Gasteiger partial charge is 0.126 e. The van der Waals surface area contributed by atoms with E-state index >= 15 is 4.39 Å². The van der Waals surface area contributed by atoms with Crippen molar-refractivity contribution in [2.24, 2.45) is 17.8 Å². The molecule has 0 heterocycles. The number of hydrogen-bond donors (Lipinski definition) is 0. The summed E-state index contributed by atoms with van der Waals surface area (Å²) in [6.07, 6.45) is 15.3. The fourth-order valence-electron chi connectivity index (χ4n) is 6.44. The van der Waals surface area contributed by atoms with Gasteiger partial charge in [-0.3, -0.25) is 0 Å². The molecular formula is C26H39FO. The van der Waals surface area contributed by atoms with Crippen LogP contribution in [0.5, 0.6) is 0 Å². The normalized spacial score (nSPS) is 32.6. The minimum Gasteiger partial charge on any atom is -0.378 e. The van der Waals surface area contributed by atoms with Gasteiger partial charge in [0.1, 0.15) is 5.82 Å². The molecule has 1 aromatic carbocycles. The van der Waals surface area contributed by atoms with Gasteiger partial charge in [0.2, 0.25) is 0 Å². The average molecular weight is 387 g/mol. The number of ether oxygens (including phenoxy) is 1. The Hall–Kier alpha value is -0.890. The second-order valence-electron chi connectivity index (χ2n) is 9.81. The van der Waals surface area contributed by atoms with Crippen LogP contribution in [-0.2, 0) is 17.6 Å². The van der Waals surface area contributed by atoms with Crippen LogP contribution in [0.3, 0.4) is 0 Å². The van der Waals surface area contributed by atoms with E-state index in [1.54, 1.807) is 0 Å². The summed E-state index contributed by atoms with van der Waals surface area (Å²) in [5, 5.41) is 0. The van der Waals surface area contributed by atoms with Crippen LogP contribution in [0.4, 0.5) is 4.39 Å². The lowest BCUT2D eigenvalue weighted by Gasteiger charge is -2.42. The van der Waals surface area contributed by atoms with Crippen molar-refractivity contribution in [3.63, 3.8) is 0 Å². The molecule has 1 aromatic rings. The van der Waals surface area contributed by atoms with Gasteiger partial charge in [-0.25, -0.2) is 4.39 Å². The van der Waals surface area contributed by atoms with Gasteiger partial charge in [-0.1, -0.05) is 32.3 Å². The van der Waals surface area contributed by atoms with Gasteiger partial charge in [0.15, 0.2) is 0 Å². The highest BCUT2D eigenvalue weighted by atomic mass is 19.1. The summed E-state index contributed by atoms with van der Waals surface area (Å²) in [4.78, 5) is 0. The molecule has 0 bridgehead atoms. The number of hydrogen-bond acceptors (Lipinski definition) is 1. The minimum atomic E-state index is 0.0846. The zero-order valence-corrected chi connectivity index (χ0v) is 18.0. The van der Waals surface area contributed by atoms with E-state index in [0.717, 1.165) is 49.2 Å². The Morgan fingerprint density at radius 1 is 0.964 bits per heavy atom. The van der Waals surface area contributed by atoms with Crippen molar-refractivity contribution in [2.75, 3.05) is 6.61 Å². The molecule has 0 aromatic heterocycles. The fraction of sp³-hybridized carbons (Fsp3) is 0.769. The van der Waals surface area contributed by atoms with Crippen LogP contribution >= 0.6 is 0 Å². The molecule has 2 saturated carbocycles. The average Bonchev–Trinajstić information content (AvgIpc) is 2.71.